The second-order valence-electron chi connectivity index (χ2n) is 6.51. The zero-order valence-corrected chi connectivity index (χ0v) is 15.1. The van der Waals surface area contributed by atoms with Crippen molar-refractivity contribution in [2.45, 2.75) is 39.0 Å². The standard InChI is InChI=1S/C21H23N3O2/c1-3-14(2)15-8-10-16(11-9-15)22-20(25)13-12-19-23-18-7-5-4-6-17(18)21(26)24-19/h4-11,14H,3,12-13H2,1-2H3,(H,22,25)(H,23,24,26). The van der Waals surface area contributed by atoms with Crippen LogP contribution in [0.5, 0.6) is 0 Å². The molecule has 0 bridgehead atoms. The average Bonchev–Trinajstić information content (AvgIpc) is 2.66. The van der Waals surface area contributed by atoms with Crippen LogP contribution in [-0.4, -0.2) is 15.9 Å². The van der Waals surface area contributed by atoms with Gasteiger partial charge in [-0.3, -0.25) is 9.59 Å². The lowest BCUT2D eigenvalue weighted by Gasteiger charge is -2.10. The van der Waals surface area contributed by atoms with Crippen molar-refractivity contribution in [1.29, 1.82) is 0 Å². The van der Waals surface area contributed by atoms with Crippen LogP contribution in [-0.2, 0) is 11.2 Å². The highest BCUT2D eigenvalue weighted by atomic mass is 16.1. The van der Waals surface area contributed by atoms with Crippen molar-refractivity contribution in [1.82, 2.24) is 9.97 Å². The molecule has 1 atom stereocenters. The predicted molar refractivity (Wildman–Crippen MR) is 104 cm³/mol. The van der Waals surface area contributed by atoms with Crippen molar-refractivity contribution in [3.8, 4) is 0 Å². The van der Waals surface area contributed by atoms with Gasteiger partial charge in [-0.15, -0.1) is 0 Å². The Morgan fingerprint density at radius 1 is 1.15 bits per heavy atom. The SMILES string of the molecule is CCC(C)c1ccc(NC(=O)CCc2nc3ccccc3c(=O)[nH]2)cc1. The summed E-state index contributed by atoms with van der Waals surface area (Å²) in [6, 6.07) is 15.1. The summed E-state index contributed by atoms with van der Waals surface area (Å²) in [6.07, 6.45) is 1.73. The Morgan fingerprint density at radius 3 is 2.62 bits per heavy atom. The molecule has 0 aliphatic carbocycles. The first-order valence-electron chi connectivity index (χ1n) is 8.94. The number of rotatable bonds is 6. The summed E-state index contributed by atoms with van der Waals surface area (Å²) in [5.74, 6) is 0.934. The highest BCUT2D eigenvalue weighted by Crippen LogP contribution is 2.20. The summed E-state index contributed by atoms with van der Waals surface area (Å²) in [5, 5.41) is 3.45. The Morgan fingerprint density at radius 2 is 1.88 bits per heavy atom. The van der Waals surface area contributed by atoms with Crippen LogP contribution in [0.25, 0.3) is 10.9 Å². The van der Waals surface area contributed by atoms with Crippen LogP contribution in [0.3, 0.4) is 0 Å². The van der Waals surface area contributed by atoms with Gasteiger partial charge in [0.15, 0.2) is 0 Å². The second-order valence-corrected chi connectivity index (χ2v) is 6.51. The molecular weight excluding hydrogens is 326 g/mol. The molecule has 134 valence electrons. The quantitative estimate of drug-likeness (QED) is 0.706. The van der Waals surface area contributed by atoms with Gasteiger partial charge in [0.25, 0.3) is 5.56 Å². The first-order valence-corrected chi connectivity index (χ1v) is 8.94. The Labute approximate surface area is 152 Å². The molecule has 0 fully saturated rings. The number of carbonyl (C=O) groups excluding carboxylic acids is 1. The molecule has 2 N–H and O–H groups in total. The molecule has 1 heterocycles. The minimum Gasteiger partial charge on any atom is -0.326 e. The second kappa shape index (κ2) is 7.95. The number of hydrogen-bond acceptors (Lipinski definition) is 3. The van der Waals surface area contributed by atoms with Gasteiger partial charge in [-0.1, -0.05) is 38.1 Å². The fourth-order valence-electron chi connectivity index (χ4n) is 2.84. The number of nitrogens with zero attached hydrogens (tertiary/aromatic N) is 1. The van der Waals surface area contributed by atoms with E-state index in [-0.39, 0.29) is 17.9 Å². The summed E-state index contributed by atoms with van der Waals surface area (Å²) in [5.41, 5.74) is 2.52. The maximum Gasteiger partial charge on any atom is 0.258 e. The van der Waals surface area contributed by atoms with Crippen LogP contribution >= 0.6 is 0 Å². The number of anilines is 1. The van der Waals surface area contributed by atoms with Crippen LogP contribution in [0.4, 0.5) is 5.69 Å². The van der Waals surface area contributed by atoms with Crippen LogP contribution in [0.2, 0.25) is 0 Å². The van der Waals surface area contributed by atoms with Crippen LogP contribution in [0, 0.1) is 0 Å². The molecule has 2 aromatic carbocycles. The van der Waals surface area contributed by atoms with E-state index in [9.17, 15) is 9.59 Å². The molecule has 3 aromatic rings. The number of nitrogens with one attached hydrogen (secondary N) is 2. The smallest absolute Gasteiger partial charge is 0.258 e. The minimum atomic E-state index is -0.174. The summed E-state index contributed by atoms with van der Waals surface area (Å²) in [4.78, 5) is 31.4. The Kier molecular flexibility index (Phi) is 5.46. The summed E-state index contributed by atoms with van der Waals surface area (Å²) in [7, 11) is 0. The first kappa shape index (κ1) is 17.9. The monoisotopic (exact) mass is 349 g/mol. The van der Waals surface area contributed by atoms with Crippen molar-refractivity contribution in [3.63, 3.8) is 0 Å². The van der Waals surface area contributed by atoms with E-state index in [2.05, 4.69) is 29.1 Å². The molecule has 1 unspecified atom stereocenters. The molecule has 0 saturated heterocycles. The fourth-order valence-corrected chi connectivity index (χ4v) is 2.84. The summed E-state index contributed by atoms with van der Waals surface area (Å²) in [6.45, 7) is 4.34. The molecule has 5 nitrogen and oxygen atoms in total. The van der Waals surface area contributed by atoms with E-state index in [4.69, 9.17) is 0 Å². The average molecular weight is 349 g/mol. The topological polar surface area (TPSA) is 74.8 Å². The number of benzene rings is 2. The van der Waals surface area contributed by atoms with E-state index < -0.39 is 0 Å². The van der Waals surface area contributed by atoms with E-state index in [1.54, 1.807) is 18.2 Å². The van der Waals surface area contributed by atoms with Gasteiger partial charge < -0.3 is 10.3 Å². The zero-order chi connectivity index (χ0) is 18.5. The van der Waals surface area contributed by atoms with E-state index in [1.165, 1.54) is 5.56 Å². The normalized spacial score (nSPS) is 12.1. The largest absolute Gasteiger partial charge is 0.326 e. The molecule has 1 amide bonds. The Hall–Kier alpha value is -2.95. The van der Waals surface area contributed by atoms with Crippen molar-refractivity contribution < 1.29 is 4.79 Å². The number of aromatic amines is 1. The van der Waals surface area contributed by atoms with E-state index in [0.29, 0.717) is 29.1 Å². The molecule has 0 aliphatic rings. The molecule has 3 rings (SSSR count). The van der Waals surface area contributed by atoms with Gasteiger partial charge in [0.05, 0.1) is 10.9 Å². The number of amides is 1. The molecule has 0 radical (unpaired) electrons. The highest BCUT2D eigenvalue weighted by molar-refractivity contribution is 5.90. The van der Waals surface area contributed by atoms with Gasteiger partial charge in [-0.2, -0.15) is 0 Å². The third-order valence-corrected chi connectivity index (χ3v) is 4.63. The number of fused-ring (bicyclic) bond motifs is 1. The minimum absolute atomic E-state index is 0.0999. The van der Waals surface area contributed by atoms with Gasteiger partial charge in [-0.05, 0) is 42.2 Å². The van der Waals surface area contributed by atoms with Gasteiger partial charge in [0, 0.05) is 18.5 Å². The van der Waals surface area contributed by atoms with Crippen LogP contribution < -0.4 is 10.9 Å². The maximum absolute atomic E-state index is 12.2. The summed E-state index contributed by atoms with van der Waals surface area (Å²) >= 11 is 0. The van der Waals surface area contributed by atoms with Crippen molar-refractivity contribution in [2.75, 3.05) is 5.32 Å². The van der Waals surface area contributed by atoms with E-state index in [1.807, 2.05) is 30.3 Å². The van der Waals surface area contributed by atoms with Crippen molar-refractivity contribution in [2.24, 2.45) is 0 Å². The van der Waals surface area contributed by atoms with Gasteiger partial charge in [0.1, 0.15) is 5.82 Å². The van der Waals surface area contributed by atoms with E-state index in [0.717, 1.165) is 12.1 Å². The lowest BCUT2D eigenvalue weighted by Crippen LogP contribution is -2.16. The molecule has 0 aliphatic heterocycles. The van der Waals surface area contributed by atoms with Gasteiger partial charge >= 0.3 is 0 Å². The lowest BCUT2D eigenvalue weighted by atomic mass is 9.99. The molecule has 0 saturated carbocycles. The number of para-hydroxylation sites is 1. The Bertz CT molecular complexity index is 961. The number of H-pyrrole nitrogens is 1. The van der Waals surface area contributed by atoms with Crippen LogP contribution in [0.1, 0.15) is 44.0 Å². The molecule has 26 heavy (non-hydrogen) atoms. The van der Waals surface area contributed by atoms with Crippen LogP contribution in [0.15, 0.2) is 53.3 Å². The number of aryl methyl sites for hydroxylation is 1. The molecule has 1 aromatic heterocycles. The molecular formula is C21H23N3O2. The van der Waals surface area contributed by atoms with Gasteiger partial charge in [0.2, 0.25) is 5.91 Å². The number of carbonyl (C=O) groups is 1. The lowest BCUT2D eigenvalue weighted by molar-refractivity contribution is -0.116. The highest BCUT2D eigenvalue weighted by Gasteiger charge is 2.08. The maximum atomic E-state index is 12.2. The number of hydrogen-bond donors (Lipinski definition) is 2. The predicted octanol–water partition coefficient (Wildman–Crippen LogP) is 4.01. The fraction of sp³-hybridized carbons (Fsp3) is 0.286. The molecule has 0 spiro atoms. The van der Waals surface area contributed by atoms with E-state index >= 15 is 0 Å². The first-order chi connectivity index (χ1) is 12.6. The molecule has 5 heteroatoms. The Balaban J connectivity index is 1.61. The third-order valence-electron chi connectivity index (χ3n) is 4.63. The third kappa shape index (κ3) is 4.17. The van der Waals surface area contributed by atoms with Crippen molar-refractivity contribution >= 4 is 22.5 Å². The number of aromatic nitrogens is 2. The van der Waals surface area contributed by atoms with Crippen molar-refractivity contribution in [3.05, 3.63) is 70.3 Å². The summed E-state index contributed by atoms with van der Waals surface area (Å²) < 4.78 is 0. The van der Waals surface area contributed by atoms with Gasteiger partial charge in [-0.25, -0.2) is 4.98 Å². The zero-order valence-electron chi connectivity index (χ0n) is 15.1.